The maximum Gasteiger partial charge on any atom is 0.406 e. The molecular formula is C14H19F3N4O3. The summed E-state index contributed by atoms with van der Waals surface area (Å²) in [6.45, 7) is 2.01. The number of rotatable bonds is 5. The standard InChI is InChI=1S/C14H19F3N4O3/c1-8-6-11(24-19-8)18-12(22)9(2)20(3)10-4-5-21(13(10)23)7-14(15,16)17/h6,9-10H,4-5,7H2,1-3H3,(H,18,22)/t9-,10-/m0/s1. The predicted molar refractivity (Wildman–Crippen MR) is 78.1 cm³/mol. The maximum atomic E-state index is 12.5. The van der Waals surface area contributed by atoms with E-state index < -0.39 is 36.6 Å². The second-order valence-electron chi connectivity index (χ2n) is 5.84. The summed E-state index contributed by atoms with van der Waals surface area (Å²) < 4.78 is 42.2. The Hall–Kier alpha value is -2.10. The minimum atomic E-state index is -4.43. The van der Waals surface area contributed by atoms with E-state index in [1.165, 1.54) is 18.0 Å². The molecule has 0 aromatic carbocycles. The molecule has 0 radical (unpaired) electrons. The van der Waals surface area contributed by atoms with Gasteiger partial charge in [-0.2, -0.15) is 13.2 Å². The van der Waals surface area contributed by atoms with Crippen LogP contribution in [0.25, 0.3) is 0 Å². The van der Waals surface area contributed by atoms with Gasteiger partial charge in [-0.1, -0.05) is 5.16 Å². The molecule has 2 atom stereocenters. The lowest BCUT2D eigenvalue weighted by Gasteiger charge is -2.28. The second-order valence-corrected chi connectivity index (χ2v) is 5.84. The van der Waals surface area contributed by atoms with Crippen molar-refractivity contribution in [2.75, 3.05) is 25.5 Å². The summed E-state index contributed by atoms with van der Waals surface area (Å²) in [6.07, 6.45) is -4.19. The van der Waals surface area contributed by atoms with Gasteiger partial charge >= 0.3 is 6.18 Å². The number of halogens is 3. The van der Waals surface area contributed by atoms with Crippen LogP contribution in [0.3, 0.4) is 0 Å². The monoisotopic (exact) mass is 348 g/mol. The average Bonchev–Trinajstić information content (AvgIpc) is 3.03. The van der Waals surface area contributed by atoms with Crippen molar-refractivity contribution in [1.29, 1.82) is 0 Å². The molecular weight excluding hydrogens is 329 g/mol. The predicted octanol–water partition coefficient (Wildman–Crippen LogP) is 1.41. The van der Waals surface area contributed by atoms with E-state index in [1.54, 1.807) is 13.8 Å². The molecule has 0 aliphatic carbocycles. The minimum absolute atomic E-state index is 0.0169. The first kappa shape index (κ1) is 18.2. The number of anilines is 1. The Kier molecular flexibility index (Phi) is 5.16. The second kappa shape index (κ2) is 6.80. The highest BCUT2D eigenvalue weighted by Gasteiger charge is 2.42. The van der Waals surface area contributed by atoms with Gasteiger partial charge in [0.15, 0.2) is 0 Å². The average molecular weight is 348 g/mol. The molecule has 1 aromatic rings. The van der Waals surface area contributed by atoms with Crippen molar-refractivity contribution in [3.8, 4) is 0 Å². The quantitative estimate of drug-likeness (QED) is 0.870. The molecule has 0 spiro atoms. The number of carbonyl (C=O) groups is 2. The van der Waals surface area contributed by atoms with E-state index >= 15 is 0 Å². The lowest BCUT2D eigenvalue weighted by atomic mass is 10.1. The first-order valence-electron chi connectivity index (χ1n) is 7.40. The molecule has 1 aliphatic heterocycles. The first-order valence-corrected chi connectivity index (χ1v) is 7.40. The van der Waals surface area contributed by atoms with Crippen molar-refractivity contribution < 1.29 is 27.3 Å². The molecule has 2 amide bonds. The molecule has 1 aromatic heterocycles. The number of likely N-dealkylation sites (tertiary alicyclic amines) is 1. The van der Waals surface area contributed by atoms with E-state index in [4.69, 9.17) is 4.52 Å². The molecule has 7 nitrogen and oxygen atoms in total. The van der Waals surface area contributed by atoms with E-state index in [-0.39, 0.29) is 18.8 Å². The lowest BCUT2D eigenvalue weighted by Crippen LogP contribution is -2.49. The van der Waals surface area contributed by atoms with Gasteiger partial charge in [-0.25, -0.2) is 0 Å². The van der Waals surface area contributed by atoms with Gasteiger partial charge < -0.3 is 9.42 Å². The zero-order valence-electron chi connectivity index (χ0n) is 13.6. The zero-order valence-corrected chi connectivity index (χ0v) is 13.6. The van der Waals surface area contributed by atoms with Crippen LogP contribution in [0.5, 0.6) is 0 Å². The van der Waals surface area contributed by atoms with Crippen molar-refractivity contribution in [2.24, 2.45) is 0 Å². The number of carbonyl (C=O) groups excluding carboxylic acids is 2. The molecule has 2 rings (SSSR count). The Morgan fingerprint density at radius 3 is 2.79 bits per heavy atom. The Bertz CT molecular complexity index is 617. The Morgan fingerprint density at radius 1 is 1.58 bits per heavy atom. The van der Waals surface area contributed by atoms with Crippen molar-refractivity contribution in [3.63, 3.8) is 0 Å². The van der Waals surface area contributed by atoms with Crippen molar-refractivity contribution in [3.05, 3.63) is 11.8 Å². The molecule has 0 saturated carbocycles. The highest BCUT2D eigenvalue weighted by atomic mass is 19.4. The summed E-state index contributed by atoms with van der Waals surface area (Å²) >= 11 is 0. The van der Waals surface area contributed by atoms with Gasteiger partial charge in [0.25, 0.3) is 0 Å². The molecule has 2 heterocycles. The van der Waals surface area contributed by atoms with Gasteiger partial charge in [0.2, 0.25) is 17.7 Å². The number of aryl methyl sites for hydroxylation is 1. The van der Waals surface area contributed by atoms with E-state index in [0.29, 0.717) is 5.69 Å². The number of aromatic nitrogens is 1. The van der Waals surface area contributed by atoms with Gasteiger partial charge in [0, 0.05) is 12.6 Å². The van der Waals surface area contributed by atoms with Gasteiger partial charge in [-0.05, 0) is 27.3 Å². The van der Waals surface area contributed by atoms with Crippen LogP contribution in [-0.4, -0.2) is 65.2 Å². The molecule has 10 heteroatoms. The maximum absolute atomic E-state index is 12.5. The fraction of sp³-hybridized carbons (Fsp3) is 0.643. The molecule has 134 valence electrons. The van der Waals surface area contributed by atoms with Crippen LogP contribution in [-0.2, 0) is 9.59 Å². The molecule has 1 saturated heterocycles. The number of likely N-dealkylation sites (N-methyl/N-ethyl adjacent to an activating group) is 1. The Labute approximate surface area is 136 Å². The summed E-state index contributed by atoms with van der Waals surface area (Å²) in [7, 11) is 1.54. The van der Waals surface area contributed by atoms with Crippen molar-refractivity contribution in [2.45, 2.75) is 38.5 Å². The van der Waals surface area contributed by atoms with Crippen LogP contribution in [0.4, 0.5) is 19.1 Å². The van der Waals surface area contributed by atoms with Gasteiger partial charge in [0.05, 0.1) is 17.8 Å². The number of alkyl halides is 3. The molecule has 1 aliphatic rings. The number of nitrogens with one attached hydrogen (secondary N) is 1. The third kappa shape index (κ3) is 4.25. The van der Waals surface area contributed by atoms with Gasteiger partial charge in [0.1, 0.15) is 6.54 Å². The molecule has 24 heavy (non-hydrogen) atoms. The fourth-order valence-electron chi connectivity index (χ4n) is 2.58. The smallest absolute Gasteiger partial charge is 0.338 e. The number of amides is 2. The minimum Gasteiger partial charge on any atom is -0.338 e. The summed E-state index contributed by atoms with van der Waals surface area (Å²) in [5, 5.41) is 6.15. The highest BCUT2D eigenvalue weighted by Crippen LogP contribution is 2.24. The number of hydrogen-bond donors (Lipinski definition) is 1. The summed E-state index contributed by atoms with van der Waals surface area (Å²) in [4.78, 5) is 26.6. The summed E-state index contributed by atoms with van der Waals surface area (Å²) in [5.74, 6) is -0.880. The summed E-state index contributed by atoms with van der Waals surface area (Å²) in [6, 6.07) is 0.0518. The summed E-state index contributed by atoms with van der Waals surface area (Å²) in [5.41, 5.74) is 0.597. The van der Waals surface area contributed by atoms with Gasteiger partial charge in [-0.15, -0.1) is 0 Å². The highest BCUT2D eigenvalue weighted by molar-refractivity contribution is 5.94. The van der Waals surface area contributed by atoms with Crippen LogP contribution in [0.1, 0.15) is 19.0 Å². The normalized spacial score (nSPS) is 19.9. The first-order chi connectivity index (χ1) is 11.1. The third-order valence-electron chi connectivity index (χ3n) is 4.00. The molecule has 0 unspecified atom stereocenters. The van der Waals surface area contributed by atoms with Crippen molar-refractivity contribution in [1.82, 2.24) is 15.0 Å². The lowest BCUT2D eigenvalue weighted by molar-refractivity contribution is -0.159. The Balaban J connectivity index is 1.96. The van der Waals surface area contributed by atoms with E-state index in [9.17, 15) is 22.8 Å². The van der Waals surface area contributed by atoms with E-state index in [0.717, 1.165) is 4.90 Å². The van der Waals surface area contributed by atoms with E-state index in [1.807, 2.05) is 0 Å². The van der Waals surface area contributed by atoms with E-state index in [2.05, 4.69) is 10.5 Å². The molecule has 1 N–H and O–H groups in total. The molecule has 1 fully saturated rings. The topological polar surface area (TPSA) is 78.7 Å². The van der Waals surface area contributed by atoms with Crippen LogP contribution in [0.2, 0.25) is 0 Å². The zero-order chi connectivity index (χ0) is 18.1. The number of hydrogen-bond acceptors (Lipinski definition) is 5. The third-order valence-corrected chi connectivity index (χ3v) is 4.00. The van der Waals surface area contributed by atoms with Crippen LogP contribution in [0, 0.1) is 6.92 Å². The fourth-order valence-corrected chi connectivity index (χ4v) is 2.58. The SMILES string of the molecule is Cc1cc(NC(=O)[C@H](C)N(C)[C@H]2CCN(CC(F)(F)F)C2=O)on1. The largest absolute Gasteiger partial charge is 0.406 e. The van der Waals surface area contributed by atoms with Gasteiger partial charge in [-0.3, -0.25) is 19.8 Å². The van der Waals surface area contributed by atoms with Crippen molar-refractivity contribution >= 4 is 17.7 Å². The van der Waals surface area contributed by atoms with Crippen LogP contribution >= 0.6 is 0 Å². The Morgan fingerprint density at radius 2 is 2.25 bits per heavy atom. The van der Waals surface area contributed by atoms with Crippen LogP contribution < -0.4 is 5.32 Å². The molecule has 0 bridgehead atoms. The van der Waals surface area contributed by atoms with Crippen LogP contribution in [0.15, 0.2) is 10.6 Å². The number of nitrogens with zero attached hydrogens (tertiary/aromatic N) is 3.